The van der Waals surface area contributed by atoms with E-state index in [2.05, 4.69) is 83.3 Å². The molecule has 0 bridgehead atoms. The van der Waals surface area contributed by atoms with Gasteiger partial charge >= 0.3 is 5.97 Å². The molecule has 0 aliphatic carbocycles. The van der Waals surface area contributed by atoms with E-state index in [0.29, 0.717) is 11.5 Å². The lowest BCUT2D eigenvalue weighted by molar-refractivity contribution is -0.136. The van der Waals surface area contributed by atoms with E-state index in [1.54, 1.807) is 6.07 Å². The van der Waals surface area contributed by atoms with Gasteiger partial charge in [-0.25, -0.2) is 0 Å². The maximum absolute atomic E-state index is 12.2. The average molecular weight is 494 g/mol. The molecule has 1 heterocycles. The number of hydrogen-bond acceptors (Lipinski definition) is 4. The number of nitrogens with one attached hydrogen (secondary N) is 1. The molecule has 0 saturated heterocycles. The number of carboxylic acid groups (broad SMARTS) is 1. The summed E-state index contributed by atoms with van der Waals surface area (Å²) in [7, 11) is 0. The quantitative estimate of drug-likeness (QED) is 0.347. The van der Waals surface area contributed by atoms with Crippen LogP contribution in [-0.2, 0) is 10.2 Å². The van der Waals surface area contributed by atoms with Crippen molar-refractivity contribution in [2.75, 3.05) is 13.2 Å². The lowest BCUT2D eigenvalue weighted by Gasteiger charge is -2.20. The van der Waals surface area contributed by atoms with Crippen molar-refractivity contribution in [3.05, 3.63) is 75.0 Å². The number of carboxylic acids is 1. The highest BCUT2D eigenvalue weighted by molar-refractivity contribution is 7.14. The third-order valence-electron chi connectivity index (χ3n) is 6.01. The Balaban J connectivity index is 1.64. The van der Waals surface area contributed by atoms with E-state index in [9.17, 15) is 9.59 Å². The zero-order valence-corrected chi connectivity index (χ0v) is 22.2. The molecule has 186 valence electrons. The van der Waals surface area contributed by atoms with Crippen LogP contribution in [-0.4, -0.2) is 30.1 Å². The fraction of sp³-hybridized carbons (Fsp3) is 0.379. The average Bonchev–Trinajstić information content (AvgIpc) is 3.27. The van der Waals surface area contributed by atoms with Gasteiger partial charge in [0.15, 0.2) is 0 Å². The van der Waals surface area contributed by atoms with Crippen LogP contribution < -0.4 is 10.1 Å². The summed E-state index contributed by atoms with van der Waals surface area (Å²) >= 11 is 1.41. The van der Waals surface area contributed by atoms with E-state index in [1.807, 2.05) is 6.07 Å². The zero-order chi connectivity index (χ0) is 25.8. The number of rotatable bonds is 9. The minimum Gasteiger partial charge on any atom is -0.493 e. The Bertz CT molecular complexity index is 1170. The van der Waals surface area contributed by atoms with Gasteiger partial charge in [-0.2, -0.15) is 0 Å². The van der Waals surface area contributed by atoms with Crippen LogP contribution in [0.5, 0.6) is 5.75 Å². The first kappa shape index (κ1) is 26.5. The van der Waals surface area contributed by atoms with E-state index in [0.717, 1.165) is 10.6 Å². The summed E-state index contributed by atoms with van der Waals surface area (Å²) in [6.07, 6.45) is -0.0892. The third-order valence-corrected chi connectivity index (χ3v) is 7.32. The first-order chi connectivity index (χ1) is 16.5. The van der Waals surface area contributed by atoms with Gasteiger partial charge in [0.25, 0.3) is 5.91 Å². The highest BCUT2D eigenvalue weighted by Gasteiger charge is 2.16. The summed E-state index contributed by atoms with van der Waals surface area (Å²) in [4.78, 5) is 24.5. The number of thiophene rings is 1. The van der Waals surface area contributed by atoms with Crippen LogP contribution in [0.15, 0.2) is 48.5 Å². The van der Waals surface area contributed by atoms with E-state index < -0.39 is 5.97 Å². The molecule has 1 atom stereocenters. The molecule has 5 nitrogen and oxygen atoms in total. The van der Waals surface area contributed by atoms with Crippen LogP contribution >= 0.6 is 11.3 Å². The summed E-state index contributed by atoms with van der Waals surface area (Å²) in [6, 6.07) is 16.7. The second-order valence-electron chi connectivity index (χ2n) is 10.1. The normalized spacial score (nSPS) is 12.3. The van der Waals surface area contributed by atoms with Gasteiger partial charge in [-0.3, -0.25) is 9.59 Å². The lowest BCUT2D eigenvalue weighted by atomic mass is 9.85. The number of amides is 1. The summed E-state index contributed by atoms with van der Waals surface area (Å²) in [5.74, 6) is -0.219. The first-order valence-electron chi connectivity index (χ1n) is 11.9. The van der Waals surface area contributed by atoms with Gasteiger partial charge < -0.3 is 15.2 Å². The van der Waals surface area contributed by atoms with Crippen molar-refractivity contribution < 1.29 is 19.4 Å². The molecule has 0 aliphatic rings. The highest BCUT2D eigenvalue weighted by Crippen LogP contribution is 2.33. The number of carbonyl (C=O) groups is 2. The zero-order valence-electron chi connectivity index (χ0n) is 21.4. The third kappa shape index (κ3) is 6.95. The van der Waals surface area contributed by atoms with Crippen LogP contribution in [0, 0.1) is 13.8 Å². The molecule has 2 N–H and O–H groups in total. The number of benzene rings is 2. The Hall–Kier alpha value is -3.12. The number of hydrogen-bond donors (Lipinski definition) is 2. The lowest BCUT2D eigenvalue weighted by Crippen LogP contribution is -2.25. The maximum Gasteiger partial charge on any atom is 0.305 e. The molecule has 0 radical (unpaired) electrons. The monoisotopic (exact) mass is 493 g/mol. The predicted molar refractivity (Wildman–Crippen MR) is 143 cm³/mol. The SMILES string of the molecule is Cc1cc(OCC(C)c2ccc(C(=O)NCCC(=O)O)s2)cc(C)c1-c1ccc(C(C)(C)C)cc1. The van der Waals surface area contributed by atoms with Gasteiger partial charge in [-0.15, -0.1) is 11.3 Å². The van der Waals surface area contributed by atoms with E-state index in [4.69, 9.17) is 9.84 Å². The summed E-state index contributed by atoms with van der Waals surface area (Å²) in [5, 5.41) is 11.3. The predicted octanol–water partition coefficient (Wildman–Crippen LogP) is 6.72. The smallest absolute Gasteiger partial charge is 0.305 e. The Kier molecular flexibility index (Phi) is 8.39. The van der Waals surface area contributed by atoms with Gasteiger partial charge in [0.2, 0.25) is 0 Å². The molecule has 1 aromatic heterocycles. The number of aryl methyl sites for hydroxylation is 2. The van der Waals surface area contributed by atoms with Crippen molar-refractivity contribution >= 4 is 23.2 Å². The molecule has 0 spiro atoms. The maximum atomic E-state index is 12.2. The summed E-state index contributed by atoms with van der Waals surface area (Å²) in [5.41, 5.74) is 6.24. The van der Waals surface area contributed by atoms with Gasteiger partial charge in [0.1, 0.15) is 5.75 Å². The minimum atomic E-state index is -0.931. The van der Waals surface area contributed by atoms with Crippen LogP contribution in [0.25, 0.3) is 11.1 Å². The molecule has 1 unspecified atom stereocenters. The topological polar surface area (TPSA) is 75.6 Å². The molecule has 0 fully saturated rings. The fourth-order valence-corrected chi connectivity index (χ4v) is 4.97. The molecule has 0 saturated carbocycles. The van der Waals surface area contributed by atoms with Gasteiger partial charge in [0, 0.05) is 17.3 Å². The molecule has 35 heavy (non-hydrogen) atoms. The van der Waals surface area contributed by atoms with Crippen molar-refractivity contribution in [2.45, 2.75) is 59.3 Å². The standard InChI is InChI=1S/C29H35NO4S/c1-18-15-23(16-19(2)27(18)21-7-9-22(10-8-21)29(4,5)6)34-17-20(3)24-11-12-25(35-24)28(33)30-14-13-26(31)32/h7-12,15-16,20H,13-14,17H2,1-6H3,(H,30,33)(H,31,32). The van der Waals surface area contributed by atoms with Gasteiger partial charge in [-0.05, 0) is 71.3 Å². The van der Waals surface area contributed by atoms with Crippen molar-refractivity contribution in [2.24, 2.45) is 0 Å². The van der Waals surface area contributed by atoms with E-state index in [-0.39, 0.29) is 30.2 Å². The van der Waals surface area contributed by atoms with Gasteiger partial charge in [0.05, 0.1) is 17.9 Å². The fourth-order valence-electron chi connectivity index (χ4n) is 4.01. The molecule has 6 heteroatoms. The number of ether oxygens (including phenoxy) is 1. The number of aliphatic carboxylic acids is 1. The van der Waals surface area contributed by atoms with Crippen LogP contribution in [0.4, 0.5) is 0 Å². The molecule has 2 aromatic carbocycles. The van der Waals surface area contributed by atoms with E-state index in [1.165, 1.54) is 39.2 Å². The van der Waals surface area contributed by atoms with Crippen molar-refractivity contribution in [1.82, 2.24) is 5.32 Å². The Morgan fingerprint density at radius 3 is 2.23 bits per heavy atom. The van der Waals surface area contributed by atoms with Crippen LogP contribution in [0.3, 0.4) is 0 Å². The van der Waals surface area contributed by atoms with E-state index >= 15 is 0 Å². The summed E-state index contributed by atoms with van der Waals surface area (Å²) < 4.78 is 6.14. The van der Waals surface area contributed by atoms with Crippen LogP contribution in [0.1, 0.15) is 71.3 Å². The second-order valence-corrected chi connectivity index (χ2v) is 11.2. The highest BCUT2D eigenvalue weighted by atomic mass is 32.1. The van der Waals surface area contributed by atoms with Crippen molar-refractivity contribution in [1.29, 1.82) is 0 Å². The van der Waals surface area contributed by atoms with Crippen molar-refractivity contribution in [3.63, 3.8) is 0 Å². The summed E-state index contributed by atoms with van der Waals surface area (Å²) in [6.45, 7) is 13.6. The molecular weight excluding hydrogens is 458 g/mol. The van der Waals surface area contributed by atoms with Crippen LogP contribution in [0.2, 0.25) is 0 Å². The largest absolute Gasteiger partial charge is 0.493 e. The van der Waals surface area contributed by atoms with Crippen molar-refractivity contribution in [3.8, 4) is 16.9 Å². The number of carbonyl (C=O) groups excluding carboxylic acids is 1. The molecule has 0 aliphatic heterocycles. The Morgan fingerprint density at radius 1 is 1.03 bits per heavy atom. The first-order valence-corrected chi connectivity index (χ1v) is 12.7. The van der Waals surface area contributed by atoms with Gasteiger partial charge in [-0.1, -0.05) is 52.0 Å². The minimum absolute atomic E-state index is 0.0892. The molecule has 1 amide bonds. The second kappa shape index (κ2) is 11.1. The Labute approximate surface area is 212 Å². The molecule has 3 rings (SSSR count). The molecular formula is C29H35NO4S. The molecule has 3 aromatic rings. The Morgan fingerprint density at radius 2 is 1.66 bits per heavy atom.